The van der Waals surface area contributed by atoms with Crippen molar-refractivity contribution in [1.29, 1.82) is 0 Å². The molecule has 0 fully saturated rings. The van der Waals surface area contributed by atoms with E-state index in [4.69, 9.17) is 0 Å². The van der Waals surface area contributed by atoms with E-state index in [2.05, 4.69) is 13.8 Å². The van der Waals surface area contributed by atoms with Gasteiger partial charge in [-0.3, -0.25) is 0 Å². The molecule has 21 heavy (non-hydrogen) atoms. The molecule has 0 saturated heterocycles. The summed E-state index contributed by atoms with van der Waals surface area (Å²) in [5.74, 6) is 1.15. The van der Waals surface area contributed by atoms with Crippen LogP contribution in [0.2, 0.25) is 0 Å². The maximum absolute atomic E-state index is 10.9. The maximum atomic E-state index is 10.9. The van der Waals surface area contributed by atoms with Crippen LogP contribution >= 0.6 is 0 Å². The zero-order valence-electron chi connectivity index (χ0n) is 15.1. The zero-order valence-corrected chi connectivity index (χ0v) is 15.1. The van der Waals surface area contributed by atoms with Gasteiger partial charge in [0.05, 0.1) is 0 Å². The second-order valence-electron chi connectivity index (χ2n) is 7.02. The molecule has 0 heterocycles. The standard InChI is InChI=1S/C20H40O/c1-4-5-6-7-8-9-10-11-12-13-14-16-19(2)17-15-18-20(3)21/h19H,4-18H2,1-3H3. The summed E-state index contributed by atoms with van der Waals surface area (Å²) in [4.78, 5) is 10.9. The lowest BCUT2D eigenvalue weighted by molar-refractivity contribution is -0.117. The van der Waals surface area contributed by atoms with E-state index in [1.54, 1.807) is 6.92 Å². The van der Waals surface area contributed by atoms with Gasteiger partial charge in [-0.15, -0.1) is 0 Å². The fourth-order valence-electron chi connectivity index (χ4n) is 3.00. The average Bonchev–Trinajstić information content (AvgIpc) is 2.44. The molecular weight excluding hydrogens is 256 g/mol. The van der Waals surface area contributed by atoms with Gasteiger partial charge in [0, 0.05) is 6.42 Å². The van der Waals surface area contributed by atoms with Crippen molar-refractivity contribution >= 4 is 5.78 Å². The summed E-state index contributed by atoms with van der Waals surface area (Å²) in [5.41, 5.74) is 0. The van der Waals surface area contributed by atoms with Gasteiger partial charge >= 0.3 is 0 Å². The first-order valence-corrected chi connectivity index (χ1v) is 9.66. The van der Waals surface area contributed by atoms with Crippen LogP contribution in [-0.4, -0.2) is 5.78 Å². The first kappa shape index (κ1) is 20.7. The predicted octanol–water partition coefficient (Wildman–Crippen LogP) is 7.08. The van der Waals surface area contributed by atoms with E-state index in [9.17, 15) is 4.79 Å². The van der Waals surface area contributed by atoms with Gasteiger partial charge in [0.25, 0.3) is 0 Å². The van der Waals surface area contributed by atoms with E-state index in [0.29, 0.717) is 5.78 Å². The van der Waals surface area contributed by atoms with E-state index in [-0.39, 0.29) is 0 Å². The topological polar surface area (TPSA) is 17.1 Å². The Morgan fingerprint density at radius 2 is 1.14 bits per heavy atom. The molecule has 0 aromatic heterocycles. The van der Waals surface area contributed by atoms with Crippen molar-refractivity contribution in [2.75, 3.05) is 0 Å². The van der Waals surface area contributed by atoms with Crippen LogP contribution in [0.5, 0.6) is 0 Å². The highest BCUT2D eigenvalue weighted by Crippen LogP contribution is 2.17. The van der Waals surface area contributed by atoms with Crippen molar-refractivity contribution < 1.29 is 4.79 Å². The summed E-state index contributed by atoms with van der Waals surface area (Å²) in [6.07, 6.45) is 20.1. The largest absolute Gasteiger partial charge is 0.300 e. The second-order valence-corrected chi connectivity index (χ2v) is 7.02. The zero-order chi connectivity index (χ0) is 15.8. The Kier molecular flexibility index (Phi) is 15.8. The number of carbonyl (C=O) groups is 1. The van der Waals surface area contributed by atoms with E-state index < -0.39 is 0 Å². The van der Waals surface area contributed by atoms with Crippen molar-refractivity contribution in [1.82, 2.24) is 0 Å². The molecule has 1 unspecified atom stereocenters. The molecule has 1 atom stereocenters. The quantitative estimate of drug-likeness (QED) is 0.278. The number of hydrogen-bond donors (Lipinski definition) is 0. The Bertz CT molecular complexity index is 222. The smallest absolute Gasteiger partial charge is 0.129 e. The molecule has 0 saturated carbocycles. The average molecular weight is 297 g/mol. The van der Waals surface area contributed by atoms with Gasteiger partial charge < -0.3 is 4.79 Å². The Morgan fingerprint density at radius 3 is 1.62 bits per heavy atom. The van der Waals surface area contributed by atoms with Crippen molar-refractivity contribution in [3.05, 3.63) is 0 Å². The van der Waals surface area contributed by atoms with E-state index >= 15 is 0 Å². The van der Waals surface area contributed by atoms with Gasteiger partial charge in [0.15, 0.2) is 0 Å². The van der Waals surface area contributed by atoms with Gasteiger partial charge in [0.2, 0.25) is 0 Å². The Morgan fingerprint density at radius 1 is 0.714 bits per heavy atom. The molecule has 0 aliphatic rings. The number of ketones is 1. The van der Waals surface area contributed by atoms with E-state index in [1.807, 2.05) is 0 Å². The monoisotopic (exact) mass is 296 g/mol. The molecule has 0 aromatic carbocycles. The highest BCUT2D eigenvalue weighted by Gasteiger charge is 2.03. The van der Waals surface area contributed by atoms with Gasteiger partial charge in [-0.05, 0) is 19.3 Å². The number of rotatable bonds is 16. The van der Waals surface area contributed by atoms with E-state index in [1.165, 1.54) is 83.5 Å². The SMILES string of the molecule is CCCCCCCCCCCCCC(C)CCCC(C)=O. The van der Waals surface area contributed by atoms with Crippen molar-refractivity contribution in [3.8, 4) is 0 Å². The molecular formula is C20H40O. The number of carbonyl (C=O) groups excluding carboxylic acids is 1. The summed E-state index contributed by atoms with van der Waals surface area (Å²) in [7, 11) is 0. The first-order chi connectivity index (χ1) is 10.2. The lowest BCUT2D eigenvalue weighted by Crippen LogP contribution is -1.97. The predicted molar refractivity (Wildman–Crippen MR) is 94.8 cm³/mol. The second kappa shape index (κ2) is 16.0. The minimum Gasteiger partial charge on any atom is -0.300 e. The number of Topliss-reactive ketones (excluding diaryl/α,β-unsaturated/α-hetero) is 1. The Hall–Kier alpha value is -0.330. The Balaban J connectivity index is 3.12. The highest BCUT2D eigenvalue weighted by molar-refractivity contribution is 5.75. The molecule has 0 bridgehead atoms. The van der Waals surface area contributed by atoms with Crippen LogP contribution in [0.25, 0.3) is 0 Å². The minimum absolute atomic E-state index is 0.344. The maximum Gasteiger partial charge on any atom is 0.129 e. The molecule has 0 N–H and O–H groups in total. The summed E-state index contributed by atoms with van der Waals surface area (Å²) >= 11 is 0. The molecule has 1 heteroatoms. The lowest BCUT2D eigenvalue weighted by atomic mass is 9.96. The molecule has 0 aromatic rings. The summed E-state index contributed by atoms with van der Waals surface area (Å²) in [6.45, 7) is 6.33. The van der Waals surface area contributed by atoms with E-state index in [0.717, 1.165) is 18.8 Å². The summed E-state index contributed by atoms with van der Waals surface area (Å²) < 4.78 is 0. The molecule has 0 aliphatic heterocycles. The van der Waals surface area contributed by atoms with Crippen LogP contribution in [0, 0.1) is 5.92 Å². The molecule has 0 spiro atoms. The number of unbranched alkanes of at least 4 members (excludes halogenated alkanes) is 10. The normalized spacial score (nSPS) is 12.5. The molecule has 0 amide bonds. The summed E-state index contributed by atoms with van der Waals surface area (Å²) in [6, 6.07) is 0. The minimum atomic E-state index is 0.344. The van der Waals surface area contributed by atoms with Gasteiger partial charge in [-0.1, -0.05) is 97.3 Å². The van der Waals surface area contributed by atoms with Gasteiger partial charge in [0.1, 0.15) is 5.78 Å². The van der Waals surface area contributed by atoms with Crippen LogP contribution in [-0.2, 0) is 4.79 Å². The molecule has 0 rings (SSSR count). The van der Waals surface area contributed by atoms with Crippen molar-refractivity contribution in [2.45, 2.75) is 117 Å². The molecule has 0 radical (unpaired) electrons. The van der Waals surface area contributed by atoms with Gasteiger partial charge in [-0.25, -0.2) is 0 Å². The van der Waals surface area contributed by atoms with Crippen LogP contribution in [0.4, 0.5) is 0 Å². The molecule has 0 aliphatic carbocycles. The highest BCUT2D eigenvalue weighted by atomic mass is 16.1. The van der Waals surface area contributed by atoms with Crippen molar-refractivity contribution in [2.24, 2.45) is 5.92 Å². The third kappa shape index (κ3) is 17.6. The molecule has 126 valence electrons. The first-order valence-electron chi connectivity index (χ1n) is 9.66. The molecule has 1 nitrogen and oxygen atoms in total. The van der Waals surface area contributed by atoms with Crippen LogP contribution in [0.3, 0.4) is 0 Å². The van der Waals surface area contributed by atoms with Crippen LogP contribution in [0.1, 0.15) is 117 Å². The van der Waals surface area contributed by atoms with Gasteiger partial charge in [-0.2, -0.15) is 0 Å². The third-order valence-corrected chi connectivity index (χ3v) is 4.53. The Labute approximate surface area is 134 Å². The lowest BCUT2D eigenvalue weighted by Gasteiger charge is -2.10. The third-order valence-electron chi connectivity index (χ3n) is 4.53. The summed E-state index contributed by atoms with van der Waals surface area (Å²) in [5, 5.41) is 0. The fourth-order valence-corrected chi connectivity index (χ4v) is 3.00. The van der Waals surface area contributed by atoms with Crippen LogP contribution < -0.4 is 0 Å². The number of hydrogen-bond acceptors (Lipinski definition) is 1. The fraction of sp³-hybridized carbons (Fsp3) is 0.950. The van der Waals surface area contributed by atoms with Crippen LogP contribution in [0.15, 0.2) is 0 Å². The van der Waals surface area contributed by atoms with Crippen molar-refractivity contribution in [3.63, 3.8) is 0 Å².